The van der Waals surface area contributed by atoms with Crippen molar-refractivity contribution in [1.82, 2.24) is 14.5 Å². The summed E-state index contributed by atoms with van der Waals surface area (Å²) < 4.78 is 44.6. The first-order valence-corrected chi connectivity index (χ1v) is 13.4. The van der Waals surface area contributed by atoms with Crippen molar-refractivity contribution in [2.24, 2.45) is 0 Å². The van der Waals surface area contributed by atoms with E-state index in [2.05, 4.69) is 21.8 Å². The van der Waals surface area contributed by atoms with Crippen LogP contribution in [-0.2, 0) is 27.9 Å². The quantitative estimate of drug-likeness (QED) is 0.406. The van der Waals surface area contributed by atoms with Gasteiger partial charge in [-0.3, -0.25) is 9.69 Å². The van der Waals surface area contributed by atoms with E-state index in [0.29, 0.717) is 24.4 Å². The molecule has 0 saturated carbocycles. The molecule has 1 aliphatic rings. The predicted octanol–water partition coefficient (Wildman–Crippen LogP) is 3.13. The van der Waals surface area contributed by atoms with Crippen LogP contribution in [0, 0.1) is 0 Å². The summed E-state index contributed by atoms with van der Waals surface area (Å²) in [5.74, 6) is 0.659. The molecular weight excluding hydrogens is 494 g/mol. The van der Waals surface area contributed by atoms with Gasteiger partial charge in [-0.15, -0.1) is 0 Å². The second-order valence-electron chi connectivity index (χ2n) is 8.58. The zero-order chi connectivity index (χ0) is 26.3. The van der Waals surface area contributed by atoms with Gasteiger partial charge < -0.3 is 18.8 Å². The number of amides is 1. The normalized spacial score (nSPS) is 14.7. The summed E-state index contributed by atoms with van der Waals surface area (Å²) in [5, 5.41) is 0. The van der Waals surface area contributed by atoms with Gasteiger partial charge in [0.2, 0.25) is 15.9 Å². The maximum atomic E-state index is 13.1. The maximum absolute atomic E-state index is 13.1. The van der Waals surface area contributed by atoms with Crippen molar-refractivity contribution in [2.45, 2.75) is 18.0 Å². The zero-order valence-corrected chi connectivity index (χ0v) is 21.7. The van der Waals surface area contributed by atoms with Gasteiger partial charge in [0, 0.05) is 38.8 Å². The largest absolute Gasteiger partial charge is 0.493 e. The molecule has 37 heavy (non-hydrogen) atoms. The minimum atomic E-state index is -3.98. The number of carbonyl (C=O) groups excluding carboxylic acids is 1. The summed E-state index contributed by atoms with van der Waals surface area (Å²) in [6.45, 7) is 3.66. The first-order valence-electron chi connectivity index (χ1n) is 11.9. The number of piperazine rings is 1. The van der Waals surface area contributed by atoms with E-state index >= 15 is 0 Å². The standard InChI is InChI=1S/C27H31N3O6S/c1-34-24-17-22(18-25(27(24)35-2)37(32,33)28-19-23-9-6-16-36-23)10-11-26(31)30-14-12-29(13-15-30)20-21-7-4-3-5-8-21/h3-11,16-18,28H,12-15,19-20H2,1-2H3. The van der Waals surface area contributed by atoms with Gasteiger partial charge in [-0.25, -0.2) is 13.1 Å². The summed E-state index contributed by atoms with van der Waals surface area (Å²) in [7, 11) is -1.17. The van der Waals surface area contributed by atoms with Gasteiger partial charge in [0.15, 0.2) is 11.5 Å². The van der Waals surface area contributed by atoms with E-state index in [1.807, 2.05) is 18.2 Å². The third-order valence-electron chi connectivity index (χ3n) is 6.12. The Morgan fingerprint density at radius 3 is 2.43 bits per heavy atom. The summed E-state index contributed by atoms with van der Waals surface area (Å²) in [6, 6.07) is 16.7. The number of nitrogens with zero attached hydrogens (tertiary/aromatic N) is 2. The highest BCUT2D eigenvalue weighted by Crippen LogP contribution is 2.36. The molecule has 1 N–H and O–H groups in total. The summed E-state index contributed by atoms with van der Waals surface area (Å²) >= 11 is 0. The van der Waals surface area contributed by atoms with Gasteiger partial charge in [0.05, 0.1) is 27.0 Å². The Hall–Kier alpha value is -3.60. The van der Waals surface area contributed by atoms with E-state index < -0.39 is 10.0 Å². The number of nitrogens with one attached hydrogen (secondary N) is 1. The van der Waals surface area contributed by atoms with Crippen LogP contribution < -0.4 is 14.2 Å². The van der Waals surface area contributed by atoms with E-state index in [9.17, 15) is 13.2 Å². The van der Waals surface area contributed by atoms with Crippen molar-refractivity contribution in [3.05, 3.63) is 83.8 Å². The molecule has 9 nitrogen and oxygen atoms in total. The van der Waals surface area contributed by atoms with Crippen molar-refractivity contribution in [3.8, 4) is 11.5 Å². The van der Waals surface area contributed by atoms with Crippen molar-refractivity contribution in [2.75, 3.05) is 40.4 Å². The minimum Gasteiger partial charge on any atom is -0.493 e. The Morgan fingerprint density at radius 2 is 1.78 bits per heavy atom. The third kappa shape index (κ3) is 6.79. The van der Waals surface area contributed by atoms with E-state index in [-0.39, 0.29) is 28.8 Å². The number of rotatable bonds is 10. The second-order valence-corrected chi connectivity index (χ2v) is 10.3. The number of hydrogen-bond acceptors (Lipinski definition) is 7. The monoisotopic (exact) mass is 525 g/mol. The van der Waals surface area contributed by atoms with Crippen LogP contribution in [0.5, 0.6) is 11.5 Å². The Balaban J connectivity index is 1.44. The van der Waals surface area contributed by atoms with Gasteiger partial charge in [-0.2, -0.15) is 0 Å². The van der Waals surface area contributed by atoms with Crippen LogP contribution in [0.15, 0.2) is 76.2 Å². The van der Waals surface area contributed by atoms with Crippen LogP contribution in [0.25, 0.3) is 6.08 Å². The van der Waals surface area contributed by atoms with Crippen molar-refractivity contribution >= 4 is 22.0 Å². The van der Waals surface area contributed by atoms with Crippen molar-refractivity contribution in [3.63, 3.8) is 0 Å². The lowest BCUT2D eigenvalue weighted by Crippen LogP contribution is -2.47. The Bertz CT molecular complexity index is 1320. The molecule has 10 heteroatoms. The van der Waals surface area contributed by atoms with Crippen molar-refractivity contribution in [1.29, 1.82) is 0 Å². The predicted molar refractivity (Wildman–Crippen MR) is 140 cm³/mol. The third-order valence-corrected chi connectivity index (χ3v) is 7.53. The van der Waals surface area contributed by atoms with Gasteiger partial charge in [-0.05, 0) is 41.5 Å². The number of hydrogen-bond donors (Lipinski definition) is 1. The van der Waals surface area contributed by atoms with Crippen LogP contribution >= 0.6 is 0 Å². The van der Waals surface area contributed by atoms with Crippen LogP contribution in [-0.4, -0.2) is 64.5 Å². The molecule has 0 bridgehead atoms. The van der Waals surface area contributed by atoms with Crippen molar-refractivity contribution < 1.29 is 27.1 Å². The minimum absolute atomic E-state index is 0.0182. The molecule has 1 saturated heterocycles. The molecule has 196 valence electrons. The molecule has 0 radical (unpaired) electrons. The number of methoxy groups -OCH3 is 2. The fourth-order valence-electron chi connectivity index (χ4n) is 4.14. The number of furan rings is 1. The van der Waals surface area contributed by atoms with E-state index in [1.165, 1.54) is 38.2 Å². The number of carbonyl (C=O) groups is 1. The average molecular weight is 526 g/mol. The van der Waals surface area contributed by atoms with Gasteiger partial charge in [-0.1, -0.05) is 30.3 Å². The van der Waals surface area contributed by atoms with Gasteiger partial charge in [0.1, 0.15) is 10.7 Å². The summed E-state index contributed by atoms with van der Waals surface area (Å²) in [6.07, 6.45) is 4.52. The first kappa shape index (κ1) is 26.5. The highest BCUT2D eigenvalue weighted by molar-refractivity contribution is 7.89. The molecule has 2 aromatic carbocycles. The van der Waals surface area contributed by atoms with Gasteiger partial charge in [0.25, 0.3) is 0 Å². The molecule has 4 rings (SSSR count). The molecule has 2 heterocycles. The van der Waals surface area contributed by atoms with E-state index in [1.54, 1.807) is 29.2 Å². The summed E-state index contributed by atoms with van der Waals surface area (Å²) in [4.78, 5) is 16.9. The first-order chi connectivity index (χ1) is 17.9. The molecule has 3 aromatic rings. The molecule has 0 unspecified atom stereocenters. The average Bonchev–Trinajstić information content (AvgIpc) is 3.45. The topological polar surface area (TPSA) is 101 Å². The van der Waals surface area contributed by atoms with Crippen LogP contribution in [0.2, 0.25) is 0 Å². The lowest BCUT2D eigenvalue weighted by molar-refractivity contribution is -0.127. The van der Waals surface area contributed by atoms with Crippen LogP contribution in [0.4, 0.5) is 0 Å². The fraction of sp³-hybridized carbons (Fsp3) is 0.296. The van der Waals surface area contributed by atoms with E-state index in [4.69, 9.17) is 13.9 Å². The molecule has 0 atom stereocenters. The molecular formula is C27H31N3O6S. The molecule has 1 aromatic heterocycles. The number of benzene rings is 2. The lowest BCUT2D eigenvalue weighted by Gasteiger charge is -2.34. The lowest BCUT2D eigenvalue weighted by atomic mass is 10.1. The summed E-state index contributed by atoms with van der Waals surface area (Å²) in [5.41, 5.74) is 1.74. The SMILES string of the molecule is COc1cc(C=CC(=O)N2CCN(Cc3ccccc3)CC2)cc(S(=O)(=O)NCc2ccco2)c1OC. The Kier molecular flexibility index (Phi) is 8.65. The number of sulfonamides is 1. The highest BCUT2D eigenvalue weighted by Gasteiger charge is 2.24. The second kappa shape index (κ2) is 12.1. The number of ether oxygens (including phenoxy) is 2. The molecule has 0 aliphatic carbocycles. The smallest absolute Gasteiger partial charge is 0.246 e. The zero-order valence-electron chi connectivity index (χ0n) is 20.9. The highest BCUT2D eigenvalue weighted by atomic mass is 32.2. The molecule has 1 amide bonds. The Labute approximate surface area is 217 Å². The van der Waals surface area contributed by atoms with Crippen LogP contribution in [0.3, 0.4) is 0 Å². The molecule has 1 aliphatic heterocycles. The molecule has 1 fully saturated rings. The molecule has 0 spiro atoms. The van der Waals surface area contributed by atoms with Gasteiger partial charge >= 0.3 is 0 Å². The van der Waals surface area contributed by atoms with Crippen LogP contribution in [0.1, 0.15) is 16.9 Å². The maximum Gasteiger partial charge on any atom is 0.246 e. The Morgan fingerprint density at radius 1 is 1.03 bits per heavy atom. The van der Waals surface area contributed by atoms with E-state index in [0.717, 1.165) is 19.6 Å². The fourth-order valence-corrected chi connectivity index (χ4v) is 5.35.